The summed E-state index contributed by atoms with van der Waals surface area (Å²) in [5.74, 6) is 0.907. The average molecular weight is 736 g/mol. The minimum absolute atomic E-state index is 0.00531. The van der Waals surface area contributed by atoms with Gasteiger partial charge in [0.05, 0.1) is 0 Å². The number of hydrogen-bond donors (Lipinski definition) is 0. The van der Waals surface area contributed by atoms with Gasteiger partial charge in [-0.3, -0.25) is 0 Å². The Morgan fingerprint density at radius 1 is 0.368 bits per heavy atom. The van der Waals surface area contributed by atoms with Crippen LogP contribution in [0.3, 0.4) is 0 Å². The van der Waals surface area contributed by atoms with Crippen LogP contribution in [0.2, 0.25) is 0 Å². The van der Waals surface area contributed by atoms with Crippen LogP contribution in [0.5, 0.6) is 0 Å². The summed E-state index contributed by atoms with van der Waals surface area (Å²) in [6.45, 7) is 11.7. The van der Waals surface area contributed by atoms with E-state index >= 15 is 0 Å². The second-order valence-electron chi connectivity index (χ2n) is 16.3. The maximum Gasteiger partial charge on any atom is 0.0462 e. The summed E-state index contributed by atoms with van der Waals surface area (Å²) in [6.07, 6.45) is 0. The number of para-hydroxylation sites is 1. The van der Waals surface area contributed by atoms with E-state index < -0.39 is 0 Å². The molecule has 0 spiro atoms. The summed E-state index contributed by atoms with van der Waals surface area (Å²) < 4.78 is 0. The monoisotopic (exact) mass is 735 g/mol. The van der Waals surface area contributed by atoms with E-state index in [2.05, 4.69) is 215 Å². The Kier molecular flexibility index (Phi) is 9.47. The van der Waals surface area contributed by atoms with Gasteiger partial charge >= 0.3 is 0 Å². The largest absolute Gasteiger partial charge is 0.311 e. The van der Waals surface area contributed by atoms with Crippen LogP contribution in [-0.4, -0.2) is 0 Å². The lowest BCUT2D eigenvalue weighted by Crippen LogP contribution is -2.18. The quantitative estimate of drug-likeness (QED) is 0.170. The van der Waals surface area contributed by atoms with Crippen molar-refractivity contribution < 1.29 is 0 Å². The summed E-state index contributed by atoms with van der Waals surface area (Å²) in [6, 6.07) is 70.6. The first-order chi connectivity index (χ1) is 27.8. The van der Waals surface area contributed by atoms with Crippen LogP contribution in [-0.2, 0) is 5.41 Å². The lowest BCUT2D eigenvalue weighted by molar-refractivity contribution is 0.610. The van der Waals surface area contributed by atoms with E-state index in [0.717, 1.165) is 17.1 Å². The highest BCUT2D eigenvalue weighted by Crippen LogP contribution is 2.55. The lowest BCUT2D eigenvalue weighted by atomic mass is 9.70. The highest BCUT2D eigenvalue weighted by atomic mass is 15.1. The second kappa shape index (κ2) is 14.9. The number of aryl methyl sites for hydroxylation is 1. The van der Waals surface area contributed by atoms with Crippen molar-refractivity contribution in [1.82, 2.24) is 0 Å². The van der Waals surface area contributed by atoms with E-state index in [4.69, 9.17) is 0 Å². The molecule has 0 N–H and O–H groups in total. The van der Waals surface area contributed by atoms with Crippen LogP contribution in [0.15, 0.2) is 194 Å². The van der Waals surface area contributed by atoms with Gasteiger partial charge in [-0.25, -0.2) is 0 Å². The molecule has 0 heterocycles. The summed E-state index contributed by atoms with van der Waals surface area (Å²) >= 11 is 0. The minimum Gasteiger partial charge on any atom is -0.311 e. The molecule has 2 atom stereocenters. The fourth-order valence-corrected chi connectivity index (χ4v) is 9.07. The Balaban J connectivity index is 0.000000548. The normalized spacial score (nSPS) is 15.6. The van der Waals surface area contributed by atoms with Crippen molar-refractivity contribution in [2.75, 3.05) is 4.90 Å². The van der Waals surface area contributed by atoms with Gasteiger partial charge in [0.1, 0.15) is 0 Å². The summed E-state index contributed by atoms with van der Waals surface area (Å²) in [4.78, 5) is 2.34. The molecule has 2 aliphatic carbocycles. The number of nitrogens with zero attached hydrogens (tertiary/aromatic N) is 1. The Morgan fingerprint density at radius 2 is 0.842 bits per heavy atom. The predicted molar refractivity (Wildman–Crippen MR) is 243 cm³/mol. The van der Waals surface area contributed by atoms with Gasteiger partial charge < -0.3 is 4.90 Å². The Labute approximate surface area is 339 Å². The Morgan fingerprint density at radius 3 is 1.46 bits per heavy atom. The van der Waals surface area contributed by atoms with E-state index in [1.807, 2.05) is 18.2 Å². The molecule has 278 valence electrons. The van der Waals surface area contributed by atoms with E-state index in [0.29, 0.717) is 11.8 Å². The molecule has 2 unspecified atom stereocenters. The van der Waals surface area contributed by atoms with Crippen molar-refractivity contribution in [3.8, 4) is 44.5 Å². The lowest BCUT2D eigenvalue weighted by Gasteiger charge is -2.33. The van der Waals surface area contributed by atoms with Crippen molar-refractivity contribution in [2.45, 2.75) is 51.9 Å². The Hall–Kier alpha value is -6.44. The van der Waals surface area contributed by atoms with E-state index in [1.165, 1.54) is 72.3 Å². The van der Waals surface area contributed by atoms with Crippen LogP contribution in [0.25, 0.3) is 44.5 Å². The topological polar surface area (TPSA) is 3.24 Å². The smallest absolute Gasteiger partial charge is 0.0462 e. The molecule has 0 saturated heterocycles. The number of anilines is 3. The van der Waals surface area contributed by atoms with E-state index in [9.17, 15) is 0 Å². The molecular weight excluding hydrogens is 687 g/mol. The molecular formula is C56H49N. The molecule has 1 heteroatoms. The fourth-order valence-electron chi connectivity index (χ4n) is 9.07. The SMILES string of the molecule is CC1c2ccc(-c3ccc(N(c4ccccc4)c4ccc(-c5ccccc5)cc4)cc3)cc2-c2cc3c(cc2C1C)C(C)(C)c1ccccc1-3.Cc1ccccc1. The van der Waals surface area contributed by atoms with Gasteiger partial charge in [-0.1, -0.05) is 179 Å². The van der Waals surface area contributed by atoms with Gasteiger partial charge in [0, 0.05) is 22.5 Å². The maximum atomic E-state index is 2.54. The van der Waals surface area contributed by atoms with Gasteiger partial charge in [-0.2, -0.15) is 0 Å². The van der Waals surface area contributed by atoms with Crippen LogP contribution >= 0.6 is 0 Å². The van der Waals surface area contributed by atoms with Crippen molar-refractivity contribution in [2.24, 2.45) is 0 Å². The van der Waals surface area contributed by atoms with Gasteiger partial charge in [-0.05, 0) is 134 Å². The Bertz CT molecular complexity index is 2660. The van der Waals surface area contributed by atoms with E-state index in [1.54, 1.807) is 0 Å². The molecule has 2 aliphatic rings. The molecule has 1 nitrogen and oxygen atoms in total. The molecule has 8 aromatic carbocycles. The third kappa shape index (κ3) is 6.68. The van der Waals surface area contributed by atoms with E-state index in [-0.39, 0.29) is 5.41 Å². The summed E-state index contributed by atoms with van der Waals surface area (Å²) in [5.41, 5.74) is 21.0. The number of benzene rings is 8. The molecule has 0 bridgehead atoms. The molecule has 0 aliphatic heterocycles. The van der Waals surface area contributed by atoms with Crippen LogP contribution in [0.4, 0.5) is 17.1 Å². The zero-order valence-corrected chi connectivity index (χ0v) is 33.6. The standard InChI is InChI=1S/C49H41N.C7H8/c1-32-33(2)43-31-48-46(42-17-11-12-18-47(42)49(48,3)4)30-45(43)44-29-37(23-28-41(32)44)36-21-26-40(27-22-36)50(38-15-9-6-10-16-38)39-24-19-35(20-25-39)34-13-7-5-8-14-34;1-7-5-3-2-4-6-7/h5-33H,1-4H3;2-6H,1H3. The number of fused-ring (bicyclic) bond motifs is 6. The van der Waals surface area contributed by atoms with Crippen molar-refractivity contribution in [3.63, 3.8) is 0 Å². The molecule has 57 heavy (non-hydrogen) atoms. The van der Waals surface area contributed by atoms with Crippen LogP contribution < -0.4 is 4.90 Å². The third-order valence-electron chi connectivity index (χ3n) is 12.5. The van der Waals surface area contributed by atoms with Gasteiger partial charge in [-0.15, -0.1) is 0 Å². The van der Waals surface area contributed by atoms with Gasteiger partial charge in [0.15, 0.2) is 0 Å². The number of hydrogen-bond acceptors (Lipinski definition) is 1. The molecule has 0 aromatic heterocycles. The first kappa shape index (κ1) is 36.2. The second-order valence-corrected chi connectivity index (χ2v) is 16.3. The average Bonchev–Trinajstić information content (AvgIpc) is 3.49. The molecule has 0 amide bonds. The summed E-state index contributed by atoms with van der Waals surface area (Å²) in [5, 5.41) is 0. The van der Waals surface area contributed by atoms with Crippen molar-refractivity contribution >= 4 is 17.1 Å². The van der Waals surface area contributed by atoms with Crippen molar-refractivity contribution in [3.05, 3.63) is 222 Å². The van der Waals surface area contributed by atoms with Crippen molar-refractivity contribution in [1.29, 1.82) is 0 Å². The first-order valence-electron chi connectivity index (χ1n) is 20.3. The number of rotatable bonds is 5. The first-order valence-corrected chi connectivity index (χ1v) is 20.3. The predicted octanol–water partition coefficient (Wildman–Crippen LogP) is 15.7. The minimum atomic E-state index is 0.00531. The molecule has 0 fully saturated rings. The highest BCUT2D eigenvalue weighted by Gasteiger charge is 2.38. The third-order valence-corrected chi connectivity index (χ3v) is 12.5. The molecule has 8 aromatic rings. The molecule has 10 rings (SSSR count). The molecule has 0 saturated carbocycles. The molecule has 0 radical (unpaired) electrons. The van der Waals surface area contributed by atoms with Gasteiger partial charge in [0.25, 0.3) is 0 Å². The highest BCUT2D eigenvalue weighted by molar-refractivity contribution is 5.89. The summed E-state index contributed by atoms with van der Waals surface area (Å²) in [7, 11) is 0. The maximum absolute atomic E-state index is 2.54. The van der Waals surface area contributed by atoms with Crippen LogP contribution in [0.1, 0.15) is 67.3 Å². The zero-order valence-electron chi connectivity index (χ0n) is 33.6. The van der Waals surface area contributed by atoms with Gasteiger partial charge in [0.2, 0.25) is 0 Å². The fraction of sp³-hybridized carbons (Fsp3) is 0.143. The van der Waals surface area contributed by atoms with Crippen LogP contribution in [0, 0.1) is 6.92 Å². The zero-order chi connectivity index (χ0) is 39.1.